The van der Waals surface area contributed by atoms with Crippen LogP contribution in [0.4, 0.5) is 0 Å². The Balaban J connectivity index is 2.51. The van der Waals surface area contributed by atoms with Crippen LogP contribution in [0.1, 0.15) is 18.4 Å². The Morgan fingerprint density at radius 2 is 1.75 bits per heavy atom. The lowest BCUT2D eigenvalue weighted by molar-refractivity contribution is -0.140. The number of hydrogen-bond donors (Lipinski definition) is 5. The van der Waals surface area contributed by atoms with E-state index in [0.717, 1.165) is 15.8 Å². The molecule has 1 rings (SSSR count). The highest BCUT2D eigenvalue weighted by molar-refractivity contribution is 9.50. The van der Waals surface area contributed by atoms with Crippen LogP contribution in [-0.2, 0) is 25.7 Å². The summed E-state index contributed by atoms with van der Waals surface area (Å²) < 4.78 is 0. The van der Waals surface area contributed by atoms with E-state index in [4.69, 9.17) is 5.11 Å². The van der Waals surface area contributed by atoms with E-state index < -0.39 is 42.4 Å². The van der Waals surface area contributed by atoms with Crippen LogP contribution in [0.25, 0.3) is 0 Å². The molecule has 2 atom stereocenters. The first kappa shape index (κ1) is 23.9. The van der Waals surface area contributed by atoms with Gasteiger partial charge in [-0.1, -0.05) is 40.5 Å². The van der Waals surface area contributed by atoms with Gasteiger partial charge in [-0.05, 0) is 26.8 Å². The molecule has 5 N–H and O–H groups in total. The predicted octanol–water partition coefficient (Wildman–Crippen LogP) is 0.738. The van der Waals surface area contributed by atoms with Gasteiger partial charge in [-0.25, -0.2) is 0 Å². The molecule has 0 radical (unpaired) electrons. The van der Waals surface area contributed by atoms with Crippen molar-refractivity contribution in [1.82, 2.24) is 16.0 Å². The summed E-state index contributed by atoms with van der Waals surface area (Å²) in [5.74, 6) is -3.20. The molecule has 0 aliphatic carbocycles. The van der Waals surface area contributed by atoms with Gasteiger partial charge in [0.05, 0.1) is 0 Å². The van der Waals surface area contributed by atoms with E-state index in [2.05, 4.69) is 30.8 Å². The first-order valence-electron chi connectivity index (χ1n) is 8.36. The fraction of sp³-hybridized carbons (Fsp3) is 0.412. The van der Waals surface area contributed by atoms with Crippen molar-refractivity contribution >= 4 is 48.8 Å². The molecule has 0 aliphatic rings. The minimum Gasteiger partial charge on any atom is -0.480 e. The number of carbonyl (C=O) groups is 4. The van der Waals surface area contributed by atoms with Crippen LogP contribution < -0.4 is 16.0 Å². The van der Waals surface area contributed by atoms with Gasteiger partial charge in [-0.15, -0.1) is 0 Å². The van der Waals surface area contributed by atoms with Gasteiger partial charge in [0, 0.05) is 18.7 Å². The Bertz CT molecular complexity index is 676. The van der Waals surface area contributed by atoms with Gasteiger partial charge in [0.1, 0.15) is 18.6 Å². The van der Waals surface area contributed by atoms with E-state index in [9.17, 15) is 24.3 Å². The van der Waals surface area contributed by atoms with Crippen molar-refractivity contribution < 1.29 is 29.4 Å². The van der Waals surface area contributed by atoms with Crippen LogP contribution in [0, 0.1) is 0 Å². The maximum Gasteiger partial charge on any atom is 0.322 e. The molecular formula is C17H22BrN3O6S. The largest absolute Gasteiger partial charge is 0.480 e. The van der Waals surface area contributed by atoms with Crippen LogP contribution in [-0.4, -0.2) is 58.3 Å². The second-order valence-electron chi connectivity index (χ2n) is 5.80. The number of amides is 2. The first-order chi connectivity index (χ1) is 13.3. The van der Waals surface area contributed by atoms with E-state index in [1.54, 1.807) is 0 Å². The van der Waals surface area contributed by atoms with Crippen molar-refractivity contribution in [1.29, 1.82) is 0 Å². The smallest absolute Gasteiger partial charge is 0.322 e. The number of aliphatic carboxylic acids is 2. The highest BCUT2D eigenvalue weighted by Gasteiger charge is 2.23. The van der Waals surface area contributed by atoms with Crippen LogP contribution in [0.15, 0.2) is 30.3 Å². The lowest BCUT2D eigenvalue weighted by Gasteiger charge is -2.18. The Hall–Kier alpha value is -2.11. The minimum absolute atomic E-state index is 0.0406. The van der Waals surface area contributed by atoms with Gasteiger partial charge in [0.2, 0.25) is 11.8 Å². The number of carboxylic acid groups (broad SMARTS) is 2. The van der Waals surface area contributed by atoms with Crippen molar-refractivity contribution in [3.05, 3.63) is 35.9 Å². The summed E-state index contributed by atoms with van der Waals surface area (Å²) in [6, 6.07) is 7.41. The SMILES string of the molecule is O=C(O)CNC(=O)[C@H](CSBr)NC(=O)CC[C@H](NCc1ccccc1)C(=O)O. The Morgan fingerprint density at radius 1 is 1.07 bits per heavy atom. The van der Waals surface area contributed by atoms with Crippen LogP contribution in [0.3, 0.4) is 0 Å². The summed E-state index contributed by atoms with van der Waals surface area (Å²) in [5, 5.41) is 25.5. The fourth-order valence-electron chi connectivity index (χ4n) is 2.22. The zero-order chi connectivity index (χ0) is 20.9. The van der Waals surface area contributed by atoms with Gasteiger partial charge >= 0.3 is 11.9 Å². The van der Waals surface area contributed by atoms with Crippen LogP contribution >= 0.6 is 25.0 Å². The van der Waals surface area contributed by atoms with E-state index in [1.807, 2.05) is 30.3 Å². The van der Waals surface area contributed by atoms with E-state index in [1.165, 1.54) is 0 Å². The molecule has 28 heavy (non-hydrogen) atoms. The van der Waals surface area contributed by atoms with Crippen LogP contribution in [0.2, 0.25) is 0 Å². The summed E-state index contributed by atoms with van der Waals surface area (Å²) in [7, 11) is 1.13. The number of rotatable bonds is 13. The molecule has 11 heteroatoms. The maximum absolute atomic E-state index is 12.1. The standard InChI is InChI=1S/C17H22BrN3O6S/c18-28-10-13(16(25)20-9-15(23)24)21-14(22)7-6-12(17(26)27)19-8-11-4-2-1-3-5-11/h1-5,12-13,19H,6-10H2,(H,20,25)(H,21,22)(H,23,24)(H,26,27)/t12-,13-/m0/s1. The van der Waals surface area contributed by atoms with Crippen molar-refractivity contribution in [2.75, 3.05) is 12.3 Å². The van der Waals surface area contributed by atoms with Crippen molar-refractivity contribution in [2.24, 2.45) is 0 Å². The highest BCUT2D eigenvalue weighted by Crippen LogP contribution is 2.12. The number of nitrogens with one attached hydrogen (secondary N) is 3. The van der Waals surface area contributed by atoms with Gasteiger partial charge in [-0.2, -0.15) is 0 Å². The summed E-state index contributed by atoms with van der Waals surface area (Å²) in [5.41, 5.74) is 0.919. The van der Waals surface area contributed by atoms with Gasteiger partial charge in [0.15, 0.2) is 0 Å². The summed E-state index contributed by atoms with van der Waals surface area (Å²) in [6.45, 7) is -0.206. The Kier molecular flexibility index (Phi) is 11.2. The van der Waals surface area contributed by atoms with E-state index in [0.29, 0.717) is 6.54 Å². The fourth-order valence-corrected chi connectivity index (χ4v) is 3.38. The monoisotopic (exact) mass is 475 g/mol. The molecular weight excluding hydrogens is 454 g/mol. The van der Waals surface area contributed by atoms with Gasteiger partial charge < -0.3 is 26.2 Å². The number of carboxylic acids is 2. The minimum atomic E-state index is -1.20. The molecule has 0 aliphatic heterocycles. The first-order valence-corrected chi connectivity index (χ1v) is 11.2. The molecule has 0 saturated carbocycles. The molecule has 0 saturated heterocycles. The number of halogens is 1. The molecule has 2 amide bonds. The summed E-state index contributed by atoms with van der Waals surface area (Å²) in [4.78, 5) is 46.0. The average Bonchev–Trinajstić information content (AvgIpc) is 2.66. The van der Waals surface area contributed by atoms with Crippen molar-refractivity contribution in [2.45, 2.75) is 31.5 Å². The summed E-state index contributed by atoms with van der Waals surface area (Å²) >= 11 is 3.09. The molecule has 154 valence electrons. The van der Waals surface area contributed by atoms with Crippen molar-refractivity contribution in [3.63, 3.8) is 0 Å². The third kappa shape index (κ3) is 9.72. The molecule has 0 unspecified atom stereocenters. The number of benzene rings is 1. The quantitative estimate of drug-likeness (QED) is 0.280. The molecule has 0 aromatic heterocycles. The maximum atomic E-state index is 12.1. The molecule has 1 aromatic rings. The summed E-state index contributed by atoms with van der Waals surface area (Å²) in [6.07, 6.45) is -0.0622. The van der Waals surface area contributed by atoms with E-state index >= 15 is 0 Å². The molecule has 0 spiro atoms. The average molecular weight is 476 g/mol. The Morgan fingerprint density at radius 3 is 2.32 bits per heavy atom. The zero-order valence-corrected chi connectivity index (χ0v) is 17.3. The Labute approximate surface area is 173 Å². The highest BCUT2D eigenvalue weighted by atomic mass is 79.9. The normalized spacial score (nSPS) is 12.6. The second kappa shape index (κ2) is 13.1. The van der Waals surface area contributed by atoms with E-state index in [-0.39, 0.29) is 18.6 Å². The molecule has 1 aromatic carbocycles. The number of carbonyl (C=O) groups excluding carboxylic acids is 2. The van der Waals surface area contributed by atoms with Gasteiger partial charge in [0.25, 0.3) is 0 Å². The lowest BCUT2D eigenvalue weighted by atomic mass is 10.1. The van der Waals surface area contributed by atoms with Crippen LogP contribution in [0.5, 0.6) is 0 Å². The molecule has 0 bridgehead atoms. The predicted molar refractivity (Wildman–Crippen MR) is 108 cm³/mol. The third-order valence-corrected chi connectivity index (χ3v) is 4.90. The second-order valence-corrected chi connectivity index (χ2v) is 7.73. The molecule has 0 fully saturated rings. The van der Waals surface area contributed by atoms with Crippen molar-refractivity contribution in [3.8, 4) is 0 Å². The lowest BCUT2D eigenvalue weighted by Crippen LogP contribution is -2.49. The molecule has 9 nitrogen and oxygen atoms in total. The molecule has 0 heterocycles. The topological polar surface area (TPSA) is 145 Å². The third-order valence-electron chi connectivity index (χ3n) is 3.65. The zero-order valence-electron chi connectivity index (χ0n) is 14.9. The van der Waals surface area contributed by atoms with Gasteiger partial charge in [-0.3, -0.25) is 19.2 Å². The number of hydrogen-bond acceptors (Lipinski definition) is 6.